The van der Waals surface area contributed by atoms with Gasteiger partial charge in [-0.05, 0) is 12.1 Å². The van der Waals surface area contributed by atoms with Crippen LogP contribution in [0.3, 0.4) is 0 Å². The van der Waals surface area contributed by atoms with Crippen molar-refractivity contribution in [1.82, 2.24) is 4.98 Å². The molecule has 0 saturated carbocycles. The zero-order valence-electron chi connectivity index (χ0n) is 7.70. The van der Waals surface area contributed by atoms with Gasteiger partial charge in [0.1, 0.15) is 5.82 Å². The van der Waals surface area contributed by atoms with Crippen LogP contribution in [-0.2, 0) is 0 Å². The van der Waals surface area contributed by atoms with Crippen molar-refractivity contribution in [2.75, 3.05) is 30.4 Å². The average molecular weight is 175 g/mol. The minimum atomic E-state index is 0.913. The molecule has 0 amide bonds. The Hall–Kier alpha value is -1.51. The number of rotatable bonds is 2. The molecule has 0 aromatic carbocycles. The molecule has 3 heteroatoms. The van der Waals surface area contributed by atoms with Gasteiger partial charge in [0, 0.05) is 20.1 Å². The van der Waals surface area contributed by atoms with E-state index in [0.717, 1.165) is 18.9 Å². The van der Waals surface area contributed by atoms with Gasteiger partial charge in [-0.1, -0.05) is 12.2 Å². The van der Waals surface area contributed by atoms with Gasteiger partial charge in [-0.25, -0.2) is 4.98 Å². The summed E-state index contributed by atoms with van der Waals surface area (Å²) in [4.78, 5) is 6.53. The van der Waals surface area contributed by atoms with Gasteiger partial charge in [0.25, 0.3) is 0 Å². The Balaban J connectivity index is 2.13. The molecule has 1 aromatic rings. The molecule has 2 heterocycles. The monoisotopic (exact) mass is 175 g/mol. The molecule has 0 radical (unpaired) electrons. The van der Waals surface area contributed by atoms with Crippen molar-refractivity contribution in [3.8, 4) is 0 Å². The van der Waals surface area contributed by atoms with E-state index in [9.17, 15) is 0 Å². The maximum absolute atomic E-state index is 4.26. The third-order valence-corrected chi connectivity index (χ3v) is 2.19. The Morgan fingerprint density at radius 2 is 2.08 bits per heavy atom. The molecule has 0 atom stereocenters. The molecule has 1 aliphatic rings. The number of nitrogens with zero attached hydrogens (tertiary/aromatic N) is 2. The quantitative estimate of drug-likeness (QED) is 0.690. The second-order valence-electron chi connectivity index (χ2n) is 3.03. The minimum absolute atomic E-state index is 0.913. The lowest BCUT2D eigenvalue weighted by atomic mass is 10.3. The van der Waals surface area contributed by atoms with E-state index in [4.69, 9.17) is 0 Å². The van der Waals surface area contributed by atoms with E-state index >= 15 is 0 Å². The van der Waals surface area contributed by atoms with Crippen molar-refractivity contribution in [3.05, 3.63) is 30.5 Å². The standard InChI is InChI=1S/C10H13N3/c1-11-10-5-4-9(8-12-10)13-6-2-3-7-13/h2-5,8H,6-7H2,1H3,(H,11,12). The zero-order chi connectivity index (χ0) is 9.10. The first-order chi connectivity index (χ1) is 6.40. The SMILES string of the molecule is CNc1ccc(N2CC=CC2)cn1. The van der Waals surface area contributed by atoms with Crippen LogP contribution in [-0.4, -0.2) is 25.1 Å². The predicted octanol–water partition coefficient (Wildman–Crippen LogP) is 1.50. The molecule has 68 valence electrons. The lowest BCUT2D eigenvalue weighted by molar-refractivity contribution is 0.998. The Kier molecular flexibility index (Phi) is 2.17. The molecule has 0 aliphatic carbocycles. The second-order valence-corrected chi connectivity index (χ2v) is 3.03. The number of hydrogen-bond acceptors (Lipinski definition) is 3. The van der Waals surface area contributed by atoms with Crippen molar-refractivity contribution in [1.29, 1.82) is 0 Å². The maximum atomic E-state index is 4.26. The lowest BCUT2D eigenvalue weighted by Gasteiger charge is -2.16. The molecule has 1 N–H and O–H groups in total. The number of aromatic nitrogens is 1. The van der Waals surface area contributed by atoms with Crippen molar-refractivity contribution >= 4 is 11.5 Å². The van der Waals surface area contributed by atoms with Gasteiger partial charge in [-0.2, -0.15) is 0 Å². The van der Waals surface area contributed by atoms with Crippen molar-refractivity contribution < 1.29 is 0 Å². The minimum Gasteiger partial charge on any atom is -0.373 e. The van der Waals surface area contributed by atoms with Crippen LogP contribution in [0.2, 0.25) is 0 Å². The Bertz CT molecular complexity index is 294. The van der Waals surface area contributed by atoms with E-state index in [1.165, 1.54) is 5.69 Å². The Morgan fingerprint density at radius 1 is 1.31 bits per heavy atom. The smallest absolute Gasteiger partial charge is 0.125 e. The summed E-state index contributed by atoms with van der Waals surface area (Å²) in [6.45, 7) is 2.00. The summed E-state index contributed by atoms with van der Waals surface area (Å²) < 4.78 is 0. The highest BCUT2D eigenvalue weighted by Gasteiger charge is 2.06. The zero-order valence-corrected chi connectivity index (χ0v) is 7.70. The summed E-state index contributed by atoms with van der Waals surface area (Å²) in [5.74, 6) is 0.913. The third kappa shape index (κ3) is 1.64. The molecule has 1 aromatic heterocycles. The first kappa shape index (κ1) is 8.10. The van der Waals surface area contributed by atoms with E-state index in [-0.39, 0.29) is 0 Å². The third-order valence-electron chi connectivity index (χ3n) is 2.19. The maximum Gasteiger partial charge on any atom is 0.125 e. The fraction of sp³-hybridized carbons (Fsp3) is 0.300. The Morgan fingerprint density at radius 3 is 2.62 bits per heavy atom. The first-order valence-corrected chi connectivity index (χ1v) is 4.44. The highest BCUT2D eigenvalue weighted by atomic mass is 15.1. The average Bonchev–Trinajstić information content (AvgIpc) is 2.71. The number of anilines is 2. The molecule has 0 fully saturated rings. The van der Waals surface area contributed by atoms with E-state index < -0.39 is 0 Å². The fourth-order valence-corrected chi connectivity index (χ4v) is 1.41. The van der Waals surface area contributed by atoms with Crippen LogP contribution >= 0.6 is 0 Å². The number of nitrogens with one attached hydrogen (secondary N) is 1. The van der Waals surface area contributed by atoms with Crippen LogP contribution in [0.15, 0.2) is 30.5 Å². The van der Waals surface area contributed by atoms with E-state index in [0.29, 0.717) is 0 Å². The summed E-state index contributed by atoms with van der Waals surface area (Å²) in [7, 11) is 1.87. The van der Waals surface area contributed by atoms with Crippen LogP contribution in [0, 0.1) is 0 Å². The normalized spacial score (nSPS) is 15.0. The van der Waals surface area contributed by atoms with Crippen LogP contribution in [0.25, 0.3) is 0 Å². The molecule has 3 nitrogen and oxygen atoms in total. The fourth-order valence-electron chi connectivity index (χ4n) is 1.41. The summed E-state index contributed by atoms with van der Waals surface area (Å²) in [6, 6.07) is 4.08. The van der Waals surface area contributed by atoms with Crippen molar-refractivity contribution in [3.63, 3.8) is 0 Å². The number of pyridine rings is 1. The topological polar surface area (TPSA) is 28.2 Å². The predicted molar refractivity (Wildman–Crippen MR) is 55.1 cm³/mol. The molecule has 1 aliphatic heterocycles. The summed E-state index contributed by atoms with van der Waals surface area (Å²) in [5, 5.41) is 3.00. The highest BCUT2D eigenvalue weighted by Crippen LogP contribution is 2.16. The van der Waals surface area contributed by atoms with Gasteiger partial charge >= 0.3 is 0 Å². The van der Waals surface area contributed by atoms with E-state index in [1.807, 2.05) is 19.3 Å². The van der Waals surface area contributed by atoms with Crippen LogP contribution in [0.4, 0.5) is 11.5 Å². The molecular formula is C10H13N3. The number of hydrogen-bond donors (Lipinski definition) is 1. The second kappa shape index (κ2) is 3.47. The van der Waals surface area contributed by atoms with Crippen LogP contribution in [0.5, 0.6) is 0 Å². The van der Waals surface area contributed by atoms with Gasteiger partial charge in [-0.3, -0.25) is 0 Å². The summed E-state index contributed by atoms with van der Waals surface area (Å²) in [6.07, 6.45) is 6.25. The van der Waals surface area contributed by atoms with Crippen molar-refractivity contribution in [2.24, 2.45) is 0 Å². The largest absolute Gasteiger partial charge is 0.373 e. The van der Waals surface area contributed by atoms with E-state index in [1.54, 1.807) is 0 Å². The van der Waals surface area contributed by atoms with Crippen LogP contribution in [0.1, 0.15) is 0 Å². The molecule has 0 saturated heterocycles. The first-order valence-electron chi connectivity index (χ1n) is 4.44. The molecule has 13 heavy (non-hydrogen) atoms. The Labute approximate surface area is 78.1 Å². The van der Waals surface area contributed by atoms with Crippen molar-refractivity contribution in [2.45, 2.75) is 0 Å². The molecular weight excluding hydrogens is 162 g/mol. The van der Waals surface area contributed by atoms with Crippen LogP contribution < -0.4 is 10.2 Å². The van der Waals surface area contributed by atoms with Gasteiger partial charge in [-0.15, -0.1) is 0 Å². The molecule has 0 spiro atoms. The highest BCUT2D eigenvalue weighted by molar-refractivity contribution is 5.51. The van der Waals surface area contributed by atoms with Gasteiger partial charge < -0.3 is 10.2 Å². The summed E-state index contributed by atoms with van der Waals surface area (Å²) >= 11 is 0. The molecule has 0 bridgehead atoms. The van der Waals surface area contributed by atoms with Gasteiger partial charge in [0.15, 0.2) is 0 Å². The van der Waals surface area contributed by atoms with E-state index in [2.05, 4.69) is 33.4 Å². The molecule has 2 rings (SSSR count). The molecule has 0 unspecified atom stereocenters. The summed E-state index contributed by atoms with van der Waals surface area (Å²) in [5.41, 5.74) is 1.18. The van der Waals surface area contributed by atoms with Gasteiger partial charge in [0.2, 0.25) is 0 Å². The lowest BCUT2D eigenvalue weighted by Crippen LogP contribution is -2.18. The van der Waals surface area contributed by atoms with Gasteiger partial charge in [0.05, 0.1) is 11.9 Å².